The van der Waals surface area contributed by atoms with E-state index in [4.69, 9.17) is 21.6 Å². The van der Waals surface area contributed by atoms with Gasteiger partial charge >= 0.3 is 0 Å². The van der Waals surface area contributed by atoms with E-state index < -0.39 is 0 Å². The Hall–Kier alpha value is -2.31. The van der Waals surface area contributed by atoms with Crippen molar-refractivity contribution in [2.75, 3.05) is 0 Å². The number of ether oxygens (including phenoxy) is 1. The van der Waals surface area contributed by atoms with Crippen molar-refractivity contribution < 1.29 is 9.13 Å². The van der Waals surface area contributed by atoms with Crippen LogP contribution in [0.25, 0.3) is 6.08 Å². The molecule has 0 aromatic heterocycles. The first-order valence-corrected chi connectivity index (χ1v) is 6.30. The summed E-state index contributed by atoms with van der Waals surface area (Å²) >= 11 is 6.09. The van der Waals surface area contributed by atoms with Crippen LogP contribution < -0.4 is 4.74 Å². The largest absolute Gasteiger partial charge is 0.487 e. The van der Waals surface area contributed by atoms with Crippen LogP contribution in [0.2, 0.25) is 5.02 Å². The van der Waals surface area contributed by atoms with Crippen LogP contribution in [0.1, 0.15) is 11.1 Å². The molecule has 0 saturated carbocycles. The second-order valence-electron chi connectivity index (χ2n) is 4.07. The second kappa shape index (κ2) is 6.74. The average molecular weight is 288 g/mol. The number of hydrogen-bond donors (Lipinski definition) is 0. The van der Waals surface area contributed by atoms with Crippen molar-refractivity contribution in [3.63, 3.8) is 0 Å². The van der Waals surface area contributed by atoms with E-state index in [0.717, 1.165) is 11.1 Å². The Kier molecular flexibility index (Phi) is 4.75. The molecular formula is C16H11ClFNO. The van der Waals surface area contributed by atoms with Crippen LogP contribution >= 0.6 is 11.6 Å². The Balaban J connectivity index is 2.07. The van der Waals surface area contributed by atoms with Crippen LogP contribution in [0.4, 0.5) is 4.39 Å². The van der Waals surface area contributed by atoms with Gasteiger partial charge in [0.1, 0.15) is 18.2 Å². The van der Waals surface area contributed by atoms with E-state index in [0.29, 0.717) is 10.8 Å². The second-order valence-corrected chi connectivity index (χ2v) is 4.48. The summed E-state index contributed by atoms with van der Waals surface area (Å²) in [7, 11) is 0. The predicted molar refractivity (Wildman–Crippen MR) is 76.8 cm³/mol. The highest BCUT2D eigenvalue weighted by Gasteiger charge is 2.03. The van der Waals surface area contributed by atoms with Crippen molar-refractivity contribution in [3.05, 3.63) is 70.5 Å². The number of benzene rings is 2. The van der Waals surface area contributed by atoms with Crippen molar-refractivity contribution in [2.24, 2.45) is 0 Å². The molecule has 2 nitrogen and oxygen atoms in total. The summed E-state index contributed by atoms with van der Waals surface area (Å²) in [4.78, 5) is 0. The number of nitrogens with zero attached hydrogens (tertiary/aromatic N) is 1. The molecule has 2 rings (SSSR count). The smallest absolute Gasteiger partial charge is 0.138 e. The van der Waals surface area contributed by atoms with E-state index >= 15 is 0 Å². The van der Waals surface area contributed by atoms with Gasteiger partial charge in [-0.05, 0) is 41.5 Å². The maximum Gasteiger partial charge on any atom is 0.138 e. The highest BCUT2D eigenvalue weighted by molar-refractivity contribution is 6.32. The predicted octanol–water partition coefficient (Wildman–Crippen LogP) is 4.59. The zero-order chi connectivity index (χ0) is 14.4. The molecule has 0 atom stereocenters. The first-order chi connectivity index (χ1) is 9.69. The van der Waals surface area contributed by atoms with Gasteiger partial charge in [0, 0.05) is 6.08 Å². The molecule has 0 N–H and O–H groups in total. The van der Waals surface area contributed by atoms with Crippen LogP contribution in [-0.4, -0.2) is 0 Å². The van der Waals surface area contributed by atoms with Gasteiger partial charge in [0.15, 0.2) is 0 Å². The lowest BCUT2D eigenvalue weighted by Gasteiger charge is -2.08. The summed E-state index contributed by atoms with van der Waals surface area (Å²) in [6.07, 6.45) is 3.03. The lowest BCUT2D eigenvalue weighted by Crippen LogP contribution is -1.96. The van der Waals surface area contributed by atoms with Crippen molar-refractivity contribution in [3.8, 4) is 11.8 Å². The summed E-state index contributed by atoms with van der Waals surface area (Å²) in [5.74, 6) is 0.222. The number of allylic oxidation sites excluding steroid dienone is 1. The third-order valence-corrected chi connectivity index (χ3v) is 2.88. The lowest BCUT2D eigenvalue weighted by atomic mass is 10.2. The third-order valence-electron chi connectivity index (χ3n) is 2.59. The van der Waals surface area contributed by atoms with E-state index in [-0.39, 0.29) is 12.4 Å². The van der Waals surface area contributed by atoms with Crippen LogP contribution in [-0.2, 0) is 6.61 Å². The minimum atomic E-state index is -0.297. The molecule has 2 aromatic rings. The Morgan fingerprint density at radius 3 is 2.80 bits per heavy atom. The molecule has 20 heavy (non-hydrogen) atoms. The van der Waals surface area contributed by atoms with Crippen LogP contribution in [0.5, 0.6) is 5.75 Å². The SMILES string of the molecule is N#C/C=C/c1ccc(OCc2cccc(F)c2)c(Cl)c1. The van der Waals surface area contributed by atoms with E-state index in [1.165, 1.54) is 18.2 Å². The molecule has 0 bridgehead atoms. The zero-order valence-corrected chi connectivity index (χ0v) is 11.3. The molecule has 0 aliphatic heterocycles. The monoisotopic (exact) mass is 287 g/mol. The Bertz CT molecular complexity index is 676. The van der Waals surface area contributed by atoms with Gasteiger partial charge in [-0.2, -0.15) is 5.26 Å². The number of halogens is 2. The summed E-state index contributed by atoms with van der Waals surface area (Å²) in [5.41, 5.74) is 1.55. The molecule has 0 spiro atoms. The number of hydrogen-bond acceptors (Lipinski definition) is 2. The maximum absolute atomic E-state index is 13.0. The first kappa shape index (κ1) is 14.1. The summed E-state index contributed by atoms with van der Waals surface area (Å²) in [6, 6.07) is 13.3. The summed E-state index contributed by atoms with van der Waals surface area (Å²) < 4.78 is 18.6. The van der Waals surface area contributed by atoms with Crippen molar-refractivity contribution in [1.82, 2.24) is 0 Å². The van der Waals surface area contributed by atoms with E-state index in [2.05, 4.69) is 0 Å². The average Bonchev–Trinajstić information content (AvgIpc) is 2.44. The molecule has 100 valence electrons. The normalized spacial score (nSPS) is 10.4. The molecule has 0 radical (unpaired) electrons. The van der Waals surface area contributed by atoms with E-state index in [1.807, 2.05) is 6.07 Å². The molecule has 2 aromatic carbocycles. The minimum absolute atomic E-state index is 0.241. The fourth-order valence-electron chi connectivity index (χ4n) is 1.66. The Morgan fingerprint density at radius 2 is 2.10 bits per heavy atom. The van der Waals surface area contributed by atoms with E-state index in [9.17, 15) is 4.39 Å². The first-order valence-electron chi connectivity index (χ1n) is 5.92. The van der Waals surface area contributed by atoms with Crippen molar-refractivity contribution >= 4 is 17.7 Å². The zero-order valence-electron chi connectivity index (χ0n) is 10.5. The van der Waals surface area contributed by atoms with Crippen LogP contribution in [0.15, 0.2) is 48.5 Å². The summed E-state index contributed by atoms with van der Waals surface area (Å²) in [5, 5.41) is 8.90. The molecule has 0 amide bonds. The Morgan fingerprint density at radius 1 is 1.25 bits per heavy atom. The number of nitriles is 1. The van der Waals surface area contributed by atoms with Gasteiger partial charge in [-0.3, -0.25) is 0 Å². The molecule has 0 unspecified atom stereocenters. The topological polar surface area (TPSA) is 33.0 Å². The lowest BCUT2D eigenvalue weighted by molar-refractivity contribution is 0.306. The van der Waals surface area contributed by atoms with Crippen molar-refractivity contribution in [2.45, 2.75) is 6.61 Å². The van der Waals surface area contributed by atoms with Gasteiger partial charge in [0.2, 0.25) is 0 Å². The maximum atomic E-state index is 13.0. The van der Waals surface area contributed by atoms with Gasteiger partial charge in [0.05, 0.1) is 11.1 Å². The van der Waals surface area contributed by atoms with Gasteiger partial charge in [-0.25, -0.2) is 4.39 Å². The van der Waals surface area contributed by atoms with Gasteiger partial charge in [-0.1, -0.05) is 29.8 Å². The van der Waals surface area contributed by atoms with E-state index in [1.54, 1.807) is 36.4 Å². The molecule has 4 heteroatoms. The third kappa shape index (κ3) is 3.84. The van der Waals surface area contributed by atoms with Crippen LogP contribution in [0.3, 0.4) is 0 Å². The molecule has 0 heterocycles. The van der Waals surface area contributed by atoms with Crippen molar-refractivity contribution in [1.29, 1.82) is 5.26 Å². The fourth-order valence-corrected chi connectivity index (χ4v) is 1.90. The number of rotatable bonds is 4. The Labute approximate surface area is 121 Å². The minimum Gasteiger partial charge on any atom is -0.487 e. The fraction of sp³-hybridized carbons (Fsp3) is 0.0625. The van der Waals surface area contributed by atoms with Gasteiger partial charge in [0.25, 0.3) is 0 Å². The molecular weight excluding hydrogens is 277 g/mol. The molecule has 0 fully saturated rings. The molecule has 0 aliphatic rings. The van der Waals surface area contributed by atoms with Crippen LogP contribution in [0, 0.1) is 17.1 Å². The molecule has 0 aliphatic carbocycles. The molecule has 0 saturated heterocycles. The highest BCUT2D eigenvalue weighted by Crippen LogP contribution is 2.26. The summed E-state index contributed by atoms with van der Waals surface area (Å²) in [6.45, 7) is 0.241. The van der Waals surface area contributed by atoms with Gasteiger partial charge < -0.3 is 4.74 Å². The quantitative estimate of drug-likeness (QED) is 0.770. The standard InChI is InChI=1S/C16H11ClFNO/c17-15-10-12(4-2-8-19)6-7-16(15)20-11-13-3-1-5-14(18)9-13/h1-7,9-10H,11H2/b4-2+. The highest BCUT2D eigenvalue weighted by atomic mass is 35.5. The van der Waals surface area contributed by atoms with Gasteiger partial charge in [-0.15, -0.1) is 0 Å².